The minimum absolute atomic E-state index is 0.0192. The van der Waals surface area contributed by atoms with Gasteiger partial charge in [-0.25, -0.2) is 13.1 Å². The van der Waals surface area contributed by atoms with Gasteiger partial charge in [0, 0.05) is 23.9 Å². The van der Waals surface area contributed by atoms with Crippen molar-refractivity contribution in [2.75, 3.05) is 11.9 Å². The van der Waals surface area contributed by atoms with Crippen molar-refractivity contribution >= 4 is 21.7 Å². The highest BCUT2D eigenvalue weighted by atomic mass is 32.2. The van der Waals surface area contributed by atoms with Crippen LogP contribution >= 0.6 is 0 Å². The normalized spacial score (nSPS) is 11.2. The van der Waals surface area contributed by atoms with Gasteiger partial charge in [-0.1, -0.05) is 25.5 Å². The van der Waals surface area contributed by atoms with E-state index in [9.17, 15) is 13.2 Å². The highest BCUT2D eigenvalue weighted by Crippen LogP contribution is 2.14. The van der Waals surface area contributed by atoms with E-state index < -0.39 is 15.9 Å². The van der Waals surface area contributed by atoms with E-state index in [2.05, 4.69) is 26.8 Å². The molecule has 2 aromatic rings. The van der Waals surface area contributed by atoms with Crippen molar-refractivity contribution in [3.63, 3.8) is 0 Å². The lowest BCUT2D eigenvalue weighted by atomic mass is 10.2. The third-order valence-electron chi connectivity index (χ3n) is 3.22. The summed E-state index contributed by atoms with van der Waals surface area (Å²) in [6.07, 6.45) is 3.25. The largest absolute Gasteiger partial charge is 0.305 e. The molecule has 1 aromatic carbocycles. The van der Waals surface area contributed by atoms with Gasteiger partial charge in [-0.05, 0) is 24.6 Å². The molecule has 0 fully saturated rings. The van der Waals surface area contributed by atoms with Crippen molar-refractivity contribution in [2.24, 2.45) is 0 Å². The molecule has 0 bridgehead atoms. The molecule has 0 spiro atoms. The second-order valence-electron chi connectivity index (χ2n) is 5.15. The number of amides is 1. The zero-order valence-corrected chi connectivity index (χ0v) is 14.2. The highest BCUT2D eigenvalue weighted by molar-refractivity contribution is 7.89. The summed E-state index contributed by atoms with van der Waals surface area (Å²) in [5, 5.41) is 9.50. The number of benzene rings is 1. The van der Waals surface area contributed by atoms with Crippen LogP contribution in [0.2, 0.25) is 0 Å². The highest BCUT2D eigenvalue weighted by Gasteiger charge is 2.16. The van der Waals surface area contributed by atoms with E-state index in [1.807, 2.05) is 6.92 Å². The zero-order valence-electron chi connectivity index (χ0n) is 13.4. The molecule has 1 aromatic heterocycles. The lowest BCUT2D eigenvalue weighted by Crippen LogP contribution is -2.24. The Hall–Kier alpha value is -2.45. The van der Waals surface area contributed by atoms with E-state index in [1.165, 1.54) is 24.3 Å². The molecule has 7 nitrogen and oxygen atoms in total. The molecule has 128 valence electrons. The maximum Gasteiger partial charge on any atom is 0.256 e. The van der Waals surface area contributed by atoms with Crippen LogP contribution in [0.4, 0.5) is 5.82 Å². The Balaban J connectivity index is 2.15. The number of aromatic amines is 1. The molecule has 0 aliphatic heterocycles. The summed E-state index contributed by atoms with van der Waals surface area (Å²) in [6.45, 7) is 5.63. The molecule has 8 heteroatoms. The van der Waals surface area contributed by atoms with Crippen molar-refractivity contribution in [2.45, 2.75) is 24.7 Å². The van der Waals surface area contributed by atoms with Crippen LogP contribution in [0.25, 0.3) is 0 Å². The molecular formula is C16H20N4O3S. The van der Waals surface area contributed by atoms with Gasteiger partial charge < -0.3 is 5.32 Å². The van der Waals surface area contributed by atoms with Crippen LogP contribution in [-0.2, 0) is 16.4 Å². The van der Waals surface area contributed by atoms with E-state index in [4.69, 9.17) is 0 Å². The number of carbonyl (C=O) groups is 1. The molecule has 1 heterocycles. The third kappa shape index (κ3) is 4.53. The number of hydrogen-bond donors (Lipinski definition) is 3. The van der Waals surface area contributed by atoms with Gasteiger partial charge in [-0.2, -0.15) is 5.10 Å². The Kier molecular flexibility index (Phi) is 5.88. The number of anilines is 1. The lowest BCUT2D eigenvalue weighted by molar-refractivity contribution is 0.102. The summed E-state index contributed by atoms with van der Waals surface area (Å²) >= 11 is 0. The number of nitrogens with zero attached hydrogens (tertiary/aromatic N) is 1. The average Bonchev–Trinajstić information content (AvgIpc) is 3.00. The Morgan fingerprint density at radius 3 is 2.88 bits per heavy atom. The van der Waals surface area contributed by atoms with Gasteiger partial charge >= 0.3 is 0 Å². The molecule has 0 aliphatic carbocycles. The maximum absolute atomic E-state index is 12.3. The minimum Gasteiger partial charge on any atom is -0.305 e. The fourth-order valence-electron chi connectivity index (χ4n) is 2.07. The smallest absolute Gasteiger partial charge is 0.256 e. The quantitative estimate of drug-likeness (QED) is 0.635. The number of aryl methyl sites for hydroxylation is 1. The molecule has 3 N–H and O–H groups in total. The van der Waals surface area contributed by atoms with E-state index in [0.29, 0.717) is 5.82 Å². The lowest BCUT2D eigenvalue weighted by Gasteiger charge is -2.07. The maximum atomic E-state index is 12.3. The molecule has 0 radical (unpaired) electrons. The first-order valence-electron chi connectivity index (χ1n) is 7.52. The van der Waals surface area contributed by atoms with Gasteiger partial charge in [-0.3, -0.25) is 9.89 Å². The first kappa shape index (κ1) is 17.9. The van der Waals surface area contributed by atoms with Gasteiger partial charge in [0.1, 0.15) is 0 Å². The summed E-state index contributed by atoms with van der Waals surface area (Å²) in [5.74, 6) is -0.0215. The van der Waals surface area contributed by atoms with Gasteiger partial charge in [0.05, 0.1) is 4.90 Å². The van der Waals surface area contributed by atoms with Crippen LogP contribution in [0.3, 0.4) is 0 Å². The van der Waals surface area contributed by atoms with E-state index >= 15 is 0 Å². The van der Waals surface area contributed by atoms with Crippen molar-refractivity contribution < 1.29 is 13.2 Å². The Bertz CT molecular complexity index is 827. The Morgan fingerprint density at radius 1 is 1.38 bits per heavy atom. The number of hydrogen-bond acceptors (Lipinski definition) is 4. The summed E-state index contributed by atoms with van der Waals surface area (Å²) in [5.41, 5.74) is 1.16. The van der Waals surface area contributed by atoms with E-state index in [0.717, 1.165) is 18.5 Å². The molecule has 0 saturated carbocycles. The number of nitrogens with one attached hydrogen (secondary N) is 3. The molecule has 24 heavy (non-hydrogen) atoms. The van der Waals surface area contributed by atoms with Gasteiger partial charge in [0.2, 0.25) is 10.0 Å². The van der Waals surface area contributed by atoms with Crippen LogP contribution in [0, 0.1) is 0 Å². The number of carbonyl (C=O) groups excluding carboxylic acids is 1. The summed E-state index contributed by atoms with van der Waals surface area (Å²) in [4.78, 5) is 12.3. The van der Waals surface area contributed by atoms with E-state index in [1.54, 1.807) is 12.1 Å². The number of rotatable bonds is 8. The minimum atomic E-state index is -3.68. The summed E-state index contributed by atoms with van der Waals surface area (Å²) in [7, 11) is -3.68. The van der Waals surface area contributed by atoms with Gasteiger partial charge in [0.15, 0.2) is 5.82 Å². The van der Waals surface area contributed by atoms with Gasteiger partial charge in [0.25, 0.3) is 5.91 Å². The monoisotopic (exact) mass is 348 g/mol. The number of sulfonamides is 1. The molecular weight excluding hydrogens is 328 g/mol. The SMILES string of the molecule is C=CCNS(=O)(=O)c1cccc(C(=O)Nc2cc(CCC)[nH]n2)c1. The first-order valence-corrected chi connectivity index (χ1v) is 9.01. The predicted molar refractivity (Wildman–Crippen MR) is 92.4 cm³/mol. The number of aromatic nitrogens is 2. The molecule has 0 aliphatic rings. The van der Waals surface area contributed by atoms with Crippen LogP contribution in [0.1, 0.15) is 29.4 Å². The standard InChI is InChI=1S/C16H20N4O3S/c1-3-6-13-11-15(20-19-13)18-16(21)12-7-5-8-14(10-12)24(22,23)17-9-4-2/h4-5,7-8,10-11,17H,2-3,6,9H2,1H3,(H2,18,19,20,21). The second kappa shape index (κ2) is 7.89. The van der Waals surface area contributed by atoms with Crippen molar-refractivity contribution in [1.82, 2.24) is 14.9 Å². The Labute approximate surface area is 141 Å². The fraction of sp³-hybridized carbons (Fsp3) is 0.250. The van der Waals surface area contributed by atoms with Crippen LogP contribution in [-0.4, -0.2) is 31.1 Å². The second-order valence-corrected chi connectivity index (χ2v) is 6.92. The van der Waals surface area contributed by atoms with Crippen molar-refractivity contribution in [3.05, 3.63) is 54.2 Å². The van der Waals surface area contributed by atoms with Crippen LogP contribution in [0.5, 0.6) is 0 Å². The fourth-order valence-corrected chi connectivity index (χ4v) is 3.11. The molecule has 2 rings (SSSR count). The summed E-state index contributed by atoms with van der Waals surface area (Å²) in [6, 6.07) is 7.57. The van der Waals surface area contributed by atoms with Crippen molar-refractivity contribution in [1.29, 1.82) is 0 Å². The van der Waals surface area contributed by atoms with Crippen LogP contribution in [0.15, 0.2) is 47.9 Å². The Morgan fingerprint density at radius 2 is 2.17 bits per heavy atom. The van der Waals surface area contributed by atoms with Crippen LogP contribution < -0.4 is 10.0 Å². The van der Waals surface area contributed by atoms with E-state index in [-0.39, 0.29) is 17.0 Å². The molecule has 0 saturated heterocycles. The first-order chi connectivity index (χ1) is 11.5. The molecule has 0 unspecified atom stereocenters. The van der Waals surface area contributed by atoms with Crippen molar-refractivity contribution in [3.8, 4) is 0 Å². The third-order valence-corrected chi connectivity index (χ3v) is 4.64. The van der Waals surface area contributed by atoms with Gasteiger partial charge in [-0.15, -0.1) is 6.58 Å². The predicted octanol–water partition coefficient (Wildman–Crippen LogP) is 2.08. The average molecular weight is 348 g/mol. The number of H-pyrrole nitrogens is 1. The topological polar surface area (TPSA) is 104 Å². The molecule has 0 atom stereocenters. The molecule has 1 amide bonds. The summed E-state index contributed by atoms with van der Waals surface area (Å²) < 4.78 is 26.5. The zero-order chi connectivity index (χ0) is 17.6.